The Morgan fingerprint density at radius 3 is 2.50 bits per heavy atom. The van der Waals surface area contributed by atoms with Gasteiger partial charge < -0.3 is 4.98 Å². The number of aromatic amines is 1. The Morgan fingerprint density at radius 1 is 1.50 bits per heavy atom. The lowest BCUT2D eigenvalue weighted by atomic mass is 10.3. The van der Waals surface area contributed by atoms with Crippen LogP contribution in [0.5, 0.6) is 0 Å². The van der Waals surface area contributed by atoms with Crippen LogP contribution in [-0.2, 0) is 0 Å². The number of alkyl halides is 2. The van der Waals surface area contributed by atoms with Gasteiger partial charge in [-0.3, -0.25) is 14.9 Å². The zero-order chi connectivity index (χ0) is 10.9. The summed E-state index contributed by atoms with van der Waals surface area (Å²) in [6, 6.07) is 0. The van der Waals surface area contributed by atoms with E-state index in [0.717, 1.165) is 0 Å². The van der Waals surface area contributed by atoms with Gasteiger partial charge in [-0.15, -0.1) is 0 Å². The molecule has 0 atom stereocenters. The van der Waals surface area contributed by atoms with Gasteiger partial charge in [0.1, 0.15) is 5.69 Å². The first-order valence-electron chi connectivity index (χ1n) is 3.28. The maximum Gasteiger partial charge on any atom is 0.335 e. The second kappa shape index (κ2) is 3.48. The highest BCUT2D eigenvalue weighted by Gasteiger charge is 2.23. The topological polar surface area (TPSA) is 76.0 Å². The van der Waals surface area contributed by atoms with E-state index in [-0.39, 0.29) is 0 Å². The van der Waals surface area contributed by atoms with Crippen molar-refractivity contribution >= 4 is 5.69 Å². The van der Waals surface area contributed by atoms with E-state index in [4.69, 9.17) is 0 Å². The number of H-pyrrole nitrogens is 1. The standard InChI is InChI=1S/C6H3F3N2O3/c7-3-4(6(8)9)10-1-2(5(3)12)11(13)14/h1,6H,(H,10,12). The van der Waals surface area contributed by atoms with Gasteiger partial charge in [-0.05, 0) is 0 Å². The Kier molecular flexibility index (Phi) is 2.54. The molecule has 0 saturated heterocycles. The number of aromatic nitrogens is 1. The van der Waals surface area contributed by atoms with Crippen molar-refractivity contribution in [1.29, 1.82) is 0 Å². The summed E-state index contributed by atoms with van der Waals surface area (Å²) >= 11 is 0. The fraction of sp³-hybridized carbons (Fsp3) is 0.167. The first-order valence-corrected chi connectivity index (χ1v) is 3.28. The number of rotatable bonds is 2. The third-order valence-corrected chi connectivity index (χ3v) is 1.45. The molecule has 0 saturated carbocycles. The summed E-state index contributed by atoms with van der Waals surface area (Å²) in [4.78, 5) is 21.4. The fourth-order valence-corrected chi connectivity index (χ4v) is 0.804. The SMILES string of the molecule is O=c1c([N+](=O)[O-])c[nH]c(C(F)F)c1F. The number of nitrogens with one attached hydrogen (secondary N) is 1. The minimum atomic E-state index is -3.22. The molecule has 0 aliphatic heterocycles. The summed E-state index contributed by atoms with van der Waals surface area (Å²) in [5.74, 6) is -1.82. The van der Waals surface area contributed by atoms with Crippen LogP contribution in [0.2, 0.25) is 0 Å². The van der Waals surface area contributed by atoms with E-state index in [1.807, 2.05) is 0 Å². The van der Waals surface area contributed by atoms with Gasteiger partial charge in [0, 0.05) is 0 Å². The predicted molar refractivity (Wildman–Crippen MR) is 38.6 cm³/mol. The molecule has 76 valence electrons. The number of halogens is 3. The molecule has 14 heavy (non-hydrogen) atoms. The molecule has 8 heteroatoms. The van der Waals surface area contributed by atoms with Gasteiger partial charge in [-0.25, -0.2) is 13.2 Å². The Hall–Kier alpha value is -1.86. The number of nitrogens with zero attached hydrogens (tertiary/aromatic N) is 1. The lowest BCUT2D eigenvalue weighted by molar-refractivity contribution is -0.386. The Morgan fingerprint density at radius 2 is 2.07 bits per heavy atom. The van der Waals surface area contributed by atoms with Crippen LogP contribution in [0.4, 0.5) is 18.9 Å². The second-order valence-electron chi connectivity index (χ2n) is 2.29. The average molecular weight is 208 g/mol. The highest BCUT2D eigenvalue weighted by molar-refractivity contribution is 5.28. The highest BCUT2D eigenvalue weighted by Crippen LogP contribution is 2.18. The summed E-state index contributed by atoms with van der Waals surface area (Å²) in [7, 11) is 0. The van der Waals surface area contributed by atoms with Crippen LogP contribution in [0.15, 0.2) is 11.0 Å². The molecule has 0 radical (unpaired) electrons. The molecule has 0 aliphatic carbocycles. The largest absolute Gasteiger partial charge is 0.352 e. The molecule has 0 spiro atoms. The molecule has 1 aromatic heterocycles. The van der Waals surface area contributed by atoms with Gasteiger partial charge in [0.2, 0.25) is 5.82 Å². The van der Waals surface area contributed by atoms with E-state index < -0.39 is 34.0 Å². The molecule has 0 amide bonds. The summed E-state index contributed by atoms with van der Waals surface area (Å²) in [6.07, 6.45) is -2.78. The van der Waals surface area contributed by atoms with Crippen LogP contribution in [0.25, 0.3) is 0 Å². The Balaban J connectivity index is 3.42. The summed E-state index contributed by atoms with van der Waals surface area (Å²) in [5.41, 5.74) is -4.00. The van der Waals surface area contributed by atoms with Gasteiger partial charge >= 0.3 is 5.69 Å². The monoisotopic (exact) mass is 208 g/mol. The zero-order valence-corrected chi connectivity index (χ0v) is 6.46. The minimum Gasteiger partial charge on any atom is -0.352 e. The van der Waals surface area contributed by atoms with Gasteiger partial charge in [-0.2, -0.15) is 0 Å². The molecule has 1 rings (SSSR count). The Bertz CT molecular complexity index is 429. The predicted octanol–water partition coefficient (Wildman–Crippen LogP) is 1.36. The molecule has 5 nitrogen and oxygen atoms in total. The molecule has 1 heterocycles. The smallest absolute Gasteiger partial charge is 0.335 e. The summed E-state index contributed by atoms with van der Waals surface area (Å²) in [6.45, 7) is 0. The molecule has 1 N–H and O–H groups in total. The quantitative estimate of drug-likeness (QED) is 0.588. The molecule has 0 fully saturated rings. The number of hydrogen-bond acceptors (Lipinski definition) is 3. The van der Waals surface area contributed by atoms with Gasteiger partial charge in [-0.1, -0.05) is 0 Å². The number of hydrogen-bond donors (Lipinski definition) is 1. The van der Waals surface area contributed by atoms with Crippen LogP contribution in [-0.4, -0.2) is 9.91 Å². The molecule has 0 aromatic carbocycles. The summed E-state index contributed by atoms with van der Waals surface area (Å²) in [5, 5.41) is 10.1. The fourth-order valence-electron chi connectivity index (χ4n) is 0.804. The normalized spacial score (nSPS) is 10.6. The van der Waals surface area contributed by atoms with E-state index >= 15 is 0 Å². The van der Waals surface area contributed by atoms with Crippen molar-refractivity contribution in [3.63, 3.8) is 0 Å². The number of pyridine rings is 1. The van der Waals surface area contributed by atoms with Gasteiger partial charge in [0.25, 0.3) is 11.9 Å². The van der Waals surface area contributed by atoms with Crippen molar-refractivity contribution in [2.24, 2.45) is 0 Å². The van der Waals surface area contributed by atoms with Crippen molar-refractivity contribution in [3.05, 3.63) is 38.0 Å². The van der Waals surface area contributed by atoms with Crippen LogP contribution in [0, 0.1) is 15.9 Å². The third-order valence-electron chi connectivity index (χ3n) is 1.45. The van der Waals surface area contributed by atoms with Crippen molar-refractivity contribution in [1.82, 2.24) is 4.98 Å². The van der Waals surface area contributed by atoms with Crippen LogP contribution >= 0.6 is 0 Å². The lowest BCUT2D eigenvalue weighted by Gasteiger charge is -1.99. The third kappa shape index (κ3) is 1.58. The average Bonchev–Trinajstić information content (AvgIpc) is 2.08. The van der Waals surface area contributed by atoms with Crippen LogP contribution in [0.1, 0.15) is 12.1 Å². The van der Waals surface area contributed by atoms with Crippen molar-refractivity contribution < 1.29 is 18.1 Å². The molecular formula is C6H3F3N2O3. The molecular weight excluding hydrogens is 205 g/mol. The maximum absolute atomic E-state index is 12.7. The van der Waals surface area contributed by atoms with E-state index in [1.165, 1.54) is 0 Å². The van der Waals surface area contributed by atoms with Crippen LogP contribution in [0.3, 0.4) is 0 Å². The molecule has 0 aliphatic rings. The van der Waals surface area contributed by atoms with E-state index in [2.05, 4.69) is 0 Å². The summed E-state index contributed by atoms with van der Waals surface area (Å²) < 4.78 is 36.7. The van der Waals surface area contributed by atoms with E-state index in [1.54, 1.807) is 4.98 Å². The van der Waals surface area contributed by atoms with Crippen molar-refractivity contribution in [2.45, 2.75) is 6.43 Å². The first-order chi connectivity index (χ1) is 6.45. The molecule has 1 aromatic rings. The lowest BCUT2D eigenvalue weighted by Crippen LogP contribution is -2.16. The highest BCUT2D eigenvalue weighted by atomic mass is 19.3. The number of nitro groups is 1. The first kappa shape index (κ1) is 10.2. The maximum atomic E-state index is 12.7. The van der Waals surface area contributed by atoms with Crippen molar-refractivity contribution in [2.75, 3.05) is 0 Å². The van der Waals surface area contributed by atoms with E-state index in [9.17, 15) is 28.1 Å². The van der Waals surface area contributed by atoms with E-state index in [0.29, 0.717) is 6.20 Å². The van der Waals surface area contributed by atoms with Crippen LogP contribution < -0.4 is 5.43 Å². The minimum absolute atomic E-state index is 0.437. The second-order valence-corrected chi connectivity index (χ2v) is 2.29. The van der Waals surface area contributed by atoms with Gasteiger partial charge in [0.15, 0.2) is 0 Å². The van der Waals surface area contributed by atoms with Crippen molar-refractivity contribution in [3.8, 4) is 0 Å². The molecule has 0 unspecified atom stereocenters. The van der Waals surface area contributed by atoms with Gasteiger partial charge in [0.05, 0.1) is 11.1 Å². The zero-order valence-electron chi connectivity index (χ0n) is 6.46. The molecule has 0 bridgehead atoms. The Labute approximate surface area is 74.3 Å².